The Bertz CT molecular complexity index is 976. The Morgan fingerprint density at radius 1 is 1.40 bits per heavy atom. The van der Waals surface area contributed by atoms with Crippen LogP contribution < -0.4 is 4.74 Å². The second-order valence-corrected chi connectivity index (χ2v) is 9.34. The summed E-state index contributed by atoms with van der Waals surface area (Å²) < 4.78 is 11.1. The normalized spacial score (nSPS) is 22.8. The van der Waals surface area contributed by atoms with E-state index in [1.807, 2.05) is 13.8 Å². The third-order valence-electron chi connectivity index (χ3n) is 5.53. The molecule has 1 heterocycles. The lowest BCUT2D eigenvalue weighted by molar-refractivity contribution is -0.145. The fourth-order valence-electron chi connectivity index (χ4n) is 4.27. The van der Waals surface area contributed by atoms with Crippen molar-refractivity contribution in [2.75, 3.05) is 13.7 Å². The highest BCUT2D eigenvalue weighted by molar-refractivity contribution is 9.10. The number of hydrogen-bond donors (Lipinski definition) is 1. The smallest absolute Gasteiger partial charge is 0.315 e. The summed E-state index contributed by atoms with van der Waals surface area (Å²) in [5, 5.41) is 10.2. The van der Waals surface area contributed by atoms with Gasteiger partial charge in [0.05, 0.1) is 11.6 Å². The number of carbonyl (C=O) groups excluding carboxylic acids is 2. The van der Waals surface area contributed by atoms with Gasteiger partial charge in [-0.25, -0.2) is 0 Å². The highest BCUT2D eigenvalue weighted by Crippen LogP contribution is 2.49. The molecule has 0 aromatic heterocycles. The monoisotopic (exact) mass is 475 g/mol. The first-order valence-corrected chi connectivity index (χ1v) is 10.5. The van der Waals surface area contributed by atoms with Crippen molar-refractivity contribution in [3.8, 4) is 11.5 Å². The number of allylic oxidation sites excluding steroid dienone is 2. The molecule has 0 saturated carbocycles. The second-order valence-electron chi connectivity index (χ2n) is 8.48. The third-order valence-corrected chi connectivity index (χ3v) is 6.13. The second kappa shape index (κ2) is 8.38. The Balaban J connectivity index is 2.22. The molecule has 1 aliphatic carbocycles. The molecule has 1 aliphatic heterocycles. The number of hydrogen-bond acceptors (Lipinski definition) is 6. The van der Waals surface area contributed by atoms with Gasteiger partial charge in [-0.3, -0.25) is 14.6 Å². The summed E-state index contributed by atoms with van der Waals surface area (Å²) in [6.07, 6.45) is 2.52. The Labute approximate surface area is 184 Å². The van der Waals surface area contributed by atoms with Crippen molar-refractivity contribution in [2.45, 2.75) is 39.5 Å². The lowest BCUT2D eigenvalue weighted by atomic mass is 9.67. The van der Waals surface area contributed by atoms with Gasteiger partial charge in [-0.15, -0.1) is 0 Å². The van der Waals surface area contributed by atoms with Crippen LogP contribution in [0.25, 0.3) is 0 Å². The standard InChI is InChI=1S/C23H26BrNO5/c1-6-7-30-22(28)18-12(2)25-15-10-23(3,4)11-16(26)20(15)19(18)13-8-14(24)21(27)17(9-13)29-5/h6,8-9,18-19,27H,1,7,10-11H2,2-5H3/t18?,19-/m1/s1. The first-order valence-electron chi connectivity index (χ1n) is 9.75. The molecule has 0 fully saturated rings. The van der Waals surface area contributed by atoms with Crippen molar-refractivity contribution in [3.05, 3.63) is 46.1 Å². The van der Waals surface area contributed by atoms with Gasteiger partial charge in [0, 0.05) is 29.3 Å². The predicted molar refractivity (Wildman–Crippen MR) is 118 cm³/mol. The summed E-state index contributed by atoms with van der Waals surface area (Å²) in [4.78, 5) is 30.9. The number of aliphatic imine (C=N–C) groups is 1. The molecule has 160 valence electrons. The summed E-state index contributed by atoms with van der Waals surface area (Å²) in [5.41, 5.74) is 2.33. The van der Waals surface area contributed by atoms with Gasteiger partial charge in [-0.1, -0.05) is 26.5 Å². The molecule has 2 atom stereocenters. The van der Waals surface area contributed by atoms with E-state index < -0.39 is 17.8 Å². The quantitative estimate of drug-likeness (QED) is 0.492. The minimum Gasteiger partial charge on any atom is -0.503 e. The van der Waals surface area contributed by atoms with Crippen molar-refractivity contribution in [2.24, 2.45) is 16.3 Å². The lowest BCUT2D eigenvalue weighted by Gasteiger charge is -2.39. The van der Waals surface area contributed by atoms with E-state index in [9.17, 15) is 14.7 Å². The summed E-state index contributed by atoms with van der Waals surface area (Å²) in [7, 11) is 1.45. The van der Waals surface area contributed by atoms with Gasteiger partial charge in [0.2, 0.25) is 0 Å². The minimum atomic E-state index is -0.755. The molecule has 30 heavy (non-hydrogen) atoms. The number of Topliss-reactive ketones (excluding diaryl/α,β-unsaturated/α-hetero) is 1. The highest BCUT2D eigenvalue weighted by Gasteiger charge is 2.46. The van der Waals surface area contributed by atoms with Crippen LogP contribution in [0.5, 0.6) is 11.5 Å². The molecule has 1 aromatic carbocycles. The summed E-state index contributed by atoms with van der Waals surface area (Å²) in [5.74, 6) is -1.61. The Morgan fingerprint density at radius 3 is 2.73 bits per heavy atom. The molecule has 0 bridgehead atoms. The zero-order chi connectivity index (χ0) is 22.2. The molecule has 1 unspecified atom stereocenters. The van der Waals surface area contributed by atoms with Crippen LogP contribution in [-0.2, 0) is 14.3 Å². The van der Waals surface area contributed by atoms with Gasteiger partial charge < -0.3 is 14.6 Å². The van der Waals surface area contributed by atoms with Crippen LogP contribution in [0.4, 0.5) is 0 Å². The first kappa shape index (κ1) is 22.3. The van der Waals surface area contributed by atoms with Crippen LogP contribution in [0.15, 0.2) is 45.5 Å². The third kappa shape index (κ3) is 4.08. The maximum absolute atomic E-state index is 13.2. The first-order chi connectivity index (χ1) is 14.1. The zero-order valence-corrected chi connectivity index (χ0v) is 19.2. The number of carbonyl (C=O) groups is 2. The number of esters is 1. The van der Waals surface area contributed by atoms with Crippen molar-refractivity contribution in [1.82, 2.24) is 0 Å². The van der Waals surface area contributed by atoms with E-state index in [2.05, 4.69) is 27.5 Å². The molecule has 1 aromatic rings. The van der Waals surface area contributed by atoms with E-state index in [-0.39, 0.29) is 29.3 Å². The van der Waals surface area contributed by atoms with Gasteiger partial charge >= 0.3 is 5.97 Å². The van der Waals surface area contributed by atoms with Crippen LogP contribution in [0.3, 0.4) is 0 Å². The van der Waals surface area contributed by atoms with Crippen LogP contribution in [0.1, 0.15) is 45.1 Å². The molecule has 6 nitrogen and oxygen atoms in total. The Morgan fingerprint density at radius 2 is 2.10 bits per heavy atom. The maximum Gasteiger partial charge on any atom is 0.315 e. The average molecular weight is 476 g/mol. The van der Waals surface area contributed by atoms with Crippen molar-refractivity contribution < 1.29 is 24.2 Å². The van der Waals surface area contributed by atoms with E-state index >= 15 is 0 Å². The number of phenolic OH excluding ortho intramolecular Hbond substituents is 1. The van der Waals surface area contributed by atoms with E-state index in [0.29, 0.717) is 34.2 Å². The van der Waals surface area contributed by atoms with E-state index in [0.717, 1.165) is 5.70 Å². The van der Waals surface area contributed by atoms with Crippen LogP contribution in [0, 0.1) is 11.3 Å². The summed E-state index contributed by atoms with van der Waals surface area (Å²) in [6.45, 7) is 9.53. The molecule has 3 rings (SSSR count). The lowest BCUT2D eigenvalue weighted by Crippen LogP contribution is -2.39. The van der Waals surface area contributed by atoms with Gasteiger partial charge in [-0.2, -0.15) is 0 Å². The highest BCUT2D eigenvalue weighted by atomic mass is 79.9. The van der Waals surface area contributed by atoms with Crippen molar-refractivity contribution in [3.63, 3.8) is 0 Å². The molecule has 1 N–H and O–H groups in total. The van der Waals surface area contributed by atoms with E-state index in [1.165, 1.54) is 13.2 Å². The number of benzene rings is 1. The predicted octanol–water partition coefficient (Wildman–Crippen LogP) is 4.71. The molecule has 0 radical (unpaired) electrons. The van der Waals surface area contributed by atoms with Crippen LogP contribution >= 0.6 is 15.9 Å². The molecule has 0 saturated heterocycles. The number of rotatable bonds is 5. The average Bonchev–Trinajstić information content (AvgIpc) is 2.66. The topological polar surface area (TPSA) is 85.2 Å². The molecule has 0 amide bonds. The minimum absolute atomic E-state index is 0.0211. The Hall–Kier alpha value is -2.41. The number of phenols is 1. The molecular weight excluding hydrogens is 450 g/mol. The van der Waals surface area contributed by atoms with Gasteiger partial charge in [0.25, 0.3) is 0 Å². The molecule has 2 aliphatic rings. The van der Waals surface area contributed by atoms with Crippen LogP contribution in [0.2, 0.25) is 0 Å². The number of methoxy groups -OCH3 is 1. The van der Waals surface area contributed by atoms with Crippen LogP contribution in [-0.4, -0.2) is 36.3 Å². The fraction of sp³-hybridized carbons (Fsp3) is 0.435. The number of halogens is 1. The molecular formula is C23H26BrNO5. The Kier molecular flexibility index (Phi) is 6.22. The van der Waals surface area contributed by atoms with E-state index in [4.69, 9.17) is 9.47 Å². The van der Waals surface area contributed by atoms with Crippen molar-refractivity contribution in [1.29, 1.82) is 0 Å². The maximum atomic E-state index is 13.2. The van der Waals surface area contributed by atoms with Gasteiger partial charge in [0.15, 0.2) is 17.3 Å². The number of ketones is 1. The van der Waals surface area contributed by atoms with Gasteiger partial charge in [-0.05, 0) is 52.4 Å². The summed E-state index contributed by atoms with van der Waals surface area (Å²) >= 11 is 3.35. The van der Waals surface area contributed by atoms with Gasteiger partial charge in [0.1, 0.15) is 12.5 Å². The fourth-order valence-corrected chi connectivity index (χ4v) is 4.73. The number of nitrogens with zero attached hydrogens (tertiary/aromatic N) is 1. The molecule has 0 spiro atoms. The van der Waals surface area contributed by atoms with Crippen molar-refractivity contribution >= 4 is 33.4 Å². The zero-order valence-electron chi connectivity index (χ0n) is 17.6. The van der Waals surface area contributed by atoms with E-state index in [1.54, 1.807) is 19.1 Å². The summed E-state index contributed by atoms with van der Waals surface area (Å²) in [6, 6.07) is 3.38. The number of ether oxygens (including phenoxy) is 2. The SMILES string of the molecule is C=CCOC(=O)C1C(C)=NC2=C(C(=O)CC(C)(C)C2)[C@@H]1c1cc(Br)c(O)c(OC)c1. The largest absolute Gasteiger partial charge is 0.503 e. The number of aromatic hydroxyl groups is 1. The molecule has 7 heteroatoms.